The van der Waals surface area contributed by atoms with Crippen molar-refractivity contribution in [2.24, 2.45) is 0 Å². The Hall–Kier alpha value is -2.57. The first-order valence-corrected chi connectivity index (χ1v) is 22.2. The van der Waals surface area contributed by atoms with Gasteiger partial charge in [-0.05, 0) is 97.2 Å². The Balaban J connectivity index is 0.000000314. The predicted molar refractivity (Wildman–Crippen MR) is 260 cm³/mol. The number of likely N-dealkylation sites (tertiary alicyclic amines) is 1. The first-order valence-electron chi connectivity index (χ1n) is 20.0. The molecule has 342 valence electrons. The van der Waals surface area contributed by atoms with Crippen LogP contribution in [-0.2, 0) is 33.6 Å². The number of aliphatic carboxylic acids is 3. The van der Waals surface area contributed by atoms with E-state index in [9.17, 15) is 24.6 Å². The topological polar surface area (TPSA) is 177 Å². The standard InChI is InChI=1S/3C14H11Cl2NO2.C6H13NO.K.Na/c3*15-10-5-3-6-11(16)14(10)17-12-7-2-1-4-9(12)8-13(18)19;8-6-5-7-3-1-2-4-7;;/h3*1-7,17H,8H2,(H,18,19);8H,1-6H2;;/q;;;;2*+1/p-2. The number of carbonyl (C=O) groups is 3. The second-order valence-electron chi connectivity index (χ2n) is 14.1. The summed E-state index contributed by atoms with van der Waals surface area (Å²) in [6, 6.07) is 36.7. The number of carboxylic acid groups (broad SMARTS) is 3. The number of carbonyl (C=O) groups excluding carboxylic acids is 2. The van der Waals surface area contributed by atoms with Gasteiger partial charge < -0.3 is 50.9 Å². The van der Waals surface area contributed by atoms with Crippen LogP contribution in [0.2, 0.25) is 30.1 Å². The number of halogens is 6. The number of anilines is 6. The summed E-state index contributed by atoms with van der Waals surface area (Å²) in [5.74, 6) is -3.17. The van der Waals surface area contributed by atoms with E-state index in [4.69, 9.17) is 79.8 Å². The zero-order valence-electron chi connectivity index (χ0n) is 36.6. The van der Waals surface area contributed by atoms with Gasteiger partial charge in [0, 0.05) is 48.4 Å². The molecule has 0 bridgehead atoms. The molecule has 1 fully saturated rings. The number of nitrogens with one attached hydrogen (secondary N) is 3. The van der Waals surface area contributed by atoms with Crippen LogP contribution in [0.3, 0.4) is 0 Å². The van der Waals surface area contributed by atoms with Crippen LogP contribution in [0.25, 0.3) is 0 Å². The fourth-order valence-corrected chi connectivity index (χ4v) is 7.74. The van der Waals surface area contributed by atoms with Crippen molar-refractivity contribution in [3.05, 3.63) is 174 Å². The van der Waals surface area contributed by atoms with E-state index in [0.29, 0.717) is 87.6 Å². The summed E-state index contributed by atoms with van der Waals surface area (Å²) in [6.45, 7) is 3.58. The van der Waals surface area contributed by atoms with Crippen LogP contribution < -0.4 is 107 Å². The number of hydrogen-bond donors (Lipinski definition) is 5. The molecule has 1 saturated heterocycles. The van der Waals surface area contributed by atoms with Crippen molar-refractivity contribution in [3.63, 3.8) is 0 Å². The Morgan fingerprint density at radius 3 is 1.04 bits per heavy atom. The summed E-state index contributed by atoms with van der Waals surface area (Å²) in [5.41, 5.74) is 5.53. The van der Waals surface area contributed by atoms with Crippen molar-refractivity contribution < 1.29 is 116 Å². The number of hydrogen-bond acceptors (Lipinski definition) is 10. The molecule has 0 atom stereocenters. The van der Waals surface area contributed by atoms with Crippen molar-refractivity contribution in [2.45, 2.75) is 32.1 Å². The van der Waals surface area contributed by atoms with E-state index < -0.39 is 17.9 Å². The van der Waals surface area contributed by atoms with Gasteiger partial charge in [-0.1, -0.05) is 142 Å². The summed E-state index contributed by atoms with van der Waals surface area (Å²) in [7, 11) is 0. The monoisotopic (exact) mass is 1060 g/mol. The Bertz CT molecular complexity index is 2220. The second-order valence-corrected chi connectivity index (χ2v) is 16.5. The van der Waals surface area contributed by atoms with E-state index in [2.05, 4.69) is 20.9 Å². The molecular formula is C48H44Cl6KN4NaO7. The molecule has 11 nitrogen and oxygen atoms in total. The Morgan fingerprint density at radius 2 is 0.776 bits per heavy atom. The van der Waals surface area contributed by atoms with Crippen LogP contribution in [0.15, 0.2) is 127 Å². The maximum atomic E-state index is 10.8. The summed E-state index contributed by atoms with van der Waals surface area (Å²) in [5, 5.41) is 50.9. The molecule has 0 amide bonds. The number of aliphatic hydroxyl groups is 1. The van der Waals surface area contributed by atoms with Crippen molar-refractivity contribution in [1.29, 1.82) is 0 Å². The summed E-state index contributed by atoms with van der Waals surface area (Å²) in [6.07, 6.45) is 2.22. The summed E-state index contributed by atoms with van der Waals surface area (Å²) >= 11 is 36.4. The molecule has 1 heterocycles. The van der Waals surface area contributed by atoms with Crippen LogP contribution in [0.1, 0.15) is 29.5 Å². The Kier molecular flexibility index (Phi) is 29.2. The van der Waals surface area contributed by atoms with Crippen LogP contribution in [0.5, 0.6) is 0 Å². The molecule has 0 aliphatic carbocycles. The molecule has 0 saturated carbocycles. The van der Waals surface area contributed by atoms with Gasteiger partial charge in [0.2, 0.25) is 0 Å². The quantitative estimate of drug-likeness (QED) is 0.0972. The maximum absolute atomic E-state index is 10.8. The minimum atomic E-state index is -1.14. The van der Waals surface area contributed by atoms with Crippen LogP contribution in [-0.4, -0.2) is 59.3 Å². The Morgan fingerprint density at radius 1 is 0.493 bits per heavy atom. The average molecular weight is 1060 g/mol. The zero-order valence-corrected chi connectivity index (χ0v) is 46.3. The number of nitrogens with zero attached hydrogens (tertiary/aromatic N) is 1. The number of rotatable bonds is 14. The molecule has 1 aliphatic rings. The molecule has 6 aromatic carbocycles. The molecule has 67 heavy (non-hydrogen) atoms. The molecule has 6 aromatic rings. The van der Waals surface area contributed by atoms with E-state index in [1.807, 2.05) is 6.07 Å². The smallest absolute Gasteiger partial charge is 0.550 e. The molecule has 0 aromatic heterocycles. The Labute approximate surface area is 484 Å². The molecule has 1 aliphatic heterocycles. The summed E-state index contributed by atoms with van der Waals surface area (Å²) < 4.78 is 0. The first-order chi connectivity index (χ1) is 31.2. The van der Waals surface area contributed by atoms with Gasteiger partial charge in [0.05, 0.1) is 60.2 Å². The van der Waals surface area contributed by atoms with E-state index in [-0.39, 0.29) is 100 Å². The van der Waals surface area contributed by atoms with Gasteiger partial charge in [-0.2, -0.15) is 0 Å². The first kappa shape index (κ1) is 60.5. The third-order valence-electron chi connectivity index (χ3n) is 9.35. The number of para-hydroxylation sites is 6. The molecule has 5 N–H and O–H groups in total. The van der Waals surface area contributed by atoms with Gasteiger partial charge in [-0.25, -0.2) is 0 Å². The molecule has 0 unspecified atom stereocenters. The van der Waals surface area contributed by atoms with E-state index >= 15 is 0 Å². The van der Waals surface area contributed by atoms with Crippen molar-refractivity contribution in [3.8, 4) is 0 Å². The third kappa shape index (κ3) is 21.1. The molecule has 19 heteroatoms. The molecule has 0 spiro atoms. The van der Waals surface area contributed by atoms with Crippen molar-refractivity contribution in [2.75, 3.05) is 42.2 Å². The maximum Gasteiger partial charge on any atom is 1.00 e. The van der Waals surface area contributed by atoms with E-state index in [1.54, 1.807) is 121 Å². The largest absolute Gasteiger partial charge is 1.00 e. The molecule has 0 radical (unpaired) electrons. The van der Waals surface area contributed by atoms with Gasteiger partial charge in [0.15, 0.2) is 0 Å². The van der Waals surface area contributed by atoms with Gasteiger partial charge >= 0.3 is 86.9 Å². The minimum Gasteiger partial charge on any atom is -0.550 e. The van der Waals surface area contributed by atoms with Crippen LogP contribution in [0, 0.1) is 0 Å². The van der Waals surface area contributed by atoms with Gasteiger partial charge in [0.25, 0.3) is 0 Å². The molecule has 7 rings (SSSR count). The van der Waals surface area contributed by atoms with Gasteiger partial charge in [-0.15, -0.1) is 0 Å². The summed E-state index contributed by atoms with van der Waals surface area (Å²) in [4.78, 5) is 34.6. The predicted octanol–water partition coefficient (Wildman–Crippen LogP) is 4.51. The van der Waals surface area contributed by atoms with Gasteiger partial charge in [0.1, 0.15) is 0 Å². The average Bonchev–Trinajstić information content (AvgIpc) is 3.78. The van der Waals surface area contributed by atoms with Crippen LogP contribution >= 0.6 is 69.6 Å². The molecular weight excluding hydrogens is 1020 g/mol. The number of aliphatic hydroxyl groups excluding tert-OH is 1. The number of benzene rings is 6. The number of carboxylic acids is 3. The van der Waals surface area contributed by atoms with Crippen LogP contribution in [0.4, 0.5) is 34.1 Å². The minimum absolute atomic E-state index is 0. The van der Waals surface area contributed by atoms with E-state index in [0.717, 1.165) is 6.54 Å². The number of β-amino-alcohol motifs (C(OH)–C–C–N with tert-alkyl or cyclic N) is 1. The SMILES string of the molecule is O=C(O)Cc1ccccc1Nc1c(Cl)cccc1Cl.O=C([O-])Cc1ccccc1Nc1c(Cl)cccc1Cl.O=C([O-])Cc1ccccc1Nc1c(Cl)cccc1Cl.OCCN1CCCC1.[K+].[Na+]. The van der Waals surface area contributed by atoms with Crippen molar-refractivity contribution in [1.82, 2.24) is 4.90 Å². The van der Waals surface area contributed by atoms with Crippen molar-refractivity contribution >= 4 is 122 Å². The van der Waals surface area contributed by atoms with E-state index in [1.165, 1.54) is 25.9 Å². The van der Waals surface area contributed by atoms with Gasteiger partial charge in [-0.3, -0.25) is 4.79 Å². The fourth-order valence-electron chi connectivity index (χ4n) is 6.27. The zero-order chi connectivity index (χ0) is 47.3. The third-order valence-corrected chi connectivity index (χ3v) is 11.2. The fraction of sp³-hybridized carbons (Fsp3) is 0.188. The normalized spacial score (nSPS) is 11.3. The second kappa shape index (κ2) is 32.3.